The number of fused-ring (bicyclic) bond motifs is 1. The molecule has 2 heteroatoms. The summed E-state index contributed by atoms with van der Waals surface area (Å²) in [6.45, 7) is 4.99. The summed E-state index contributed by atoms with van der Waals surface area (Å²) in [6, 6.07) is 0. The smallest absolute Gasteiger partial charge is 0.162 e. The second kappa shape index (κ2) is 2.61. The highest BCUT2D eigenvalue weighted by molar-refractivity contribution is 5.95. The Balaban J connectivity index is 2.27. The summed E-state index contributed by atoms with van der Waals surface area (Å²) in [5, 5.41) is 0. The van der Waals surface area contributed by atoms with E-state index in [9.17, 15) is 4.79 Å². The summed E-state index contributed by atoms with van der Waals surface area (Å²) >= 11 is 0. The predicted molar refractivity (Wildman–Crippen MR) is 45.5 cm³/mol. The molecule has 12 heavy (non-hydrogen) atoms. The SMILES string of the molecule is C[C@@H]1CCOC2=CC(=O)[C@@H](C)C21. The first-order valence-electron chi connectivity index (χ1n) is 4.58. The van der Waals surface area contributed by atoms with E-state index in [-0.39, 0.29) is 11.7 Å². The Hall–Kier alpha value is -0.790. The van der Waals surface area contributed by atoms with Gasteiger partial charge in [0.05, 0.1) is 6.61 Å². The van der Waals surface area contributed by atoms with Crippen LogP contribution in [-0.4, -0.2) is 12.4 Å². The Morgan fingerprint density at radius 1 is 1.50 bits per heavy atom. The van der Waals surface area contributed by atoms with Crippen molar-refractivity contribution in [3.8, 4) is 0 Å². The van der Waals surface area contributed by atoms with Gasteiger partial charge in [0.1, 0.15) is 5.76 Å². The molecule has 2 rings (SSSR count). The first-order valence-corrected chi connectivity index (χ1v) is 4.58. The largest absolute Gasteiger partial charge is 0.497 e. The number of carbonyl (C=O) groups is 1. The third-order valence-corrected chi connectivity index (χ3v) is 3.06. The Kier molecular flexibility index (Phi) is 1.71. The van der Waals surface area contributed by atoms with E-state index in [1.165, 1.54) is 0 Å². The molecule has 0 spiro atoms. The molecule has 1 saturated heterocycles. The quantitative estimate of drug-likeness (QED) is 0.548. The maximum absolute atomic E-state index is 11.3. The van der Waals surface area contributed by atoms with Gasteiger partial charge in [0.15, 0.2) is 5.78 Å². The average Bonchev–Trinajstić information content (AvgIpc) is 2.29. The summed E-state index contributed by atoms with van der Waals surface area (Å²) in [5.41, 5.74) is 0. The van der Waals surface area contributed by atoms with E-state index in [1.54, 1.807) is 6.08 Å². The van der Waals surface area contributed by atoms with Crippen molar-refractivity contribution in [1.82, 2.24) is 0 Å². The topological polar surface area (TPSA) is 26.3 Å². The Morgan fingerprint density at radius 3 is 2.92 bits per heavy atom. The van der Waals surface area contributed by atoms with E-state index in [4.69, 9.17) is 4.74 Å². The number of allylic oxidation sites excluding steroid dienone is 2. The van der Waals surface area contributed by atoms with Crippen molar-refractivity contribution in [3.63, 3.8) is 0 Å². The monoisotopic (exact) mass is 166 g/mol. The predicted octanol–water partition coefficient (Wildman–Crippen LogP) is 1.76. The van der Waals surface area contributed by atoms with Crippen molar-refractivity contribution in [1.29, 1.82) is 0 Å². The van der Waals surface area contributed by atoms with Crippen molar-refractivity contribution in [2.24, 2.45) is 17.8 Å². The molecule has 0 aromatic carbocycles. The van der Waals surface area contributed by atoms with Crippen molar-refractivity contribution in [2.75, 3.05) is 6.61 Å². The average molecular weight is 166 g/mol. The van der Waals surface area contributed by atoms with Crippen LogP contribution in [0, 0.1) is 17.8 Å². The molecule has 0 N–H and O–H groups in total. The second-order valence-corrected chi connectivity index (χ2v) is 3.88. The molecular weight excluding hydrogens is 152 g/mol. The minimum Gasteiger partial charge on any atom is -0.497 e. The third kappa shape index (κ3) is 0.977. The van der Waals surface area contributed by atoms with Gasteiger partial charge in [0.25, 0.3) is 0 Å². The van der Waals surface area contributed by atoms with Crippen LogP contribution in [0.5, 0.6) is 0 Å². The van der Waals surface area contributed by atoms with Gasteiger partial charge >= 0.3 is 0 Å². The first kappa shape index (κ1) is 7.84. The van der Waals surface area contributed by atoms with E-state index < -0.39 is 0 Å². The van der Waals surface area contributed by atoms with Crippen LogP contribution >= 0.6 is 0 Å². The van der Waals surface area contributed by atoms with E-state index in [1.807, 2.05) is 6.92 Å². The first-order chi connectivity index (χ1) is 5.70. The Bertz CT molecular complexity index is 242. The molecule has 2 aliphatic rings. The van der Waals surface area contributed by atoms with E-state index in [0.717, 1.165) is 18.8 Å². The van der Waals surface area contributed by atoms with E-state index in [2.05, 4.69) is 6.92 Å². The fourth-order valence-electron chi connectivity index (χ4n) is 2.24. The minimum absolute atomic E-state index is 0.148. The molecule has 1 aliphatic heterocycles. The van der Waals surface area contributed by atoms with E-state index >= 15 is 0 Å². The fraction of sp³-hybridized carbons (Fsp3) is 0.700. The molecule has 1 aliphatic carbocycles. The Labute approximate surface area is 72.6 Å². The standard InChI is InChI=1S/C10H14O2/c1-6-3-4-12-9-5-8(11)7(2)10(6)9/h5-7,10H,3-4H2,1-2H3/t6-,7-,10?/m1/s1. The van der Waals surface area contributed by atoms with Gasteiger partial charge < -0.3 is 4.74 Å². The van der Waals surface area contributed by atoms with Gasteiger partial charge in [-0.1, -0.05) is 13.8 Å². The summed E-state index contributed by atoms with van der Waals surface area (Å²) in [6.07, 6.45) is 2.77. The van der Waals surface area contributed by atoms with Gasteiger partial charge in [-0.15, -0.1) is 0 Å². The molecule has 0 aromatic heterocycles. The lowest BCUT2D eigenvalue weighted by Crippen LogP contribution is -2.26. The maximum Gasteiger partial charge on any atom is 0.162 e. The molecule has 0 bridgehead atoms. The van der Waals surface area contributed by atoms with Crippen LogP contribution in [-0.2, 0) is 9.53 Å². The molecule has 1 unspecified atom stereocenters. The van der Waals surface area contributed by atoms with Crippen LogP contribution < -0.4 is 0 Å². The molecule has 0 aromatic rings. The molecule has 0 amide bonds. The van der Waals surface area contributed by atoms with Gasteiger partial charge in [-0.3, -0.25) is 4.79 Å². The van der Waals surface area contributed by atoms with Gasteiger partial charge in [-0.2, -0.15) is 0 Å². The minimum atomic E-state index is 0.148. The van der Waals surface area contributed by atoms with Crippen LogP contribution in [0.25, 0.3) is 0 Å². The highest BCUT2D eigenvalue weighted by Crippen LogP contribution is 2.40. The van der Waals surface area contributed by atoms with Crippen LogP contribution in [0.2, 0.25) is 0 Å². The third-order valence-electron chi connectivity index (χ3n) is 3.06. The zero-order valence-electron chi connectivity index (χ0n) is 7.54. The summed E-state index contributed by atoms with van der Waals surface area (Å²) in [5.74, 6) is 2.29. The van der Waals surface area contributed by atoms with Crippen LogP contribution in [0.1, 0.15) is 20.3 Å². The number of hydrogen-bond donors (Lipinski definition) is 0. The van der Waals surface area contributed by atoms with Crippen LogP contribution in [0.4, 0.5) is 0 Å². The molecule has 3 atom stereocenters. The molecule has 1 fully saturated rings. The van der Waals surface area contributed by atoms with Gasteiger partial charge in [0, 0.05) is 17.9 Å². The van der Waals surface area contributed by atoms with Crippen LogP contribution in [0.3, 0.4) is 0 Å². The molecule has 0 radical (unpaired) electrons. The summed E-state index contributed by atoms with van der Waals surface area (Å²) in [4.78, 5) is 11.3. The van der Waals surface area contributed by atoms with Gasteiger partial charge in [0.2, 0.25) is 0 Å². The zero-order chi connectivity index (χ0) is 8.72. The highest BCUT2D eigenvalue weighted by atomic mass is 16.5. The maximum atomic E-state index is 11.3. The lowest BCUT2D eigenvalue weighted by molar-refractivity contribution is -0.118. The summed E-state index contributed by atoms with van der Waals surface area (Å²) in [7, 11) is 0. The van der Waals surface area contributed by atoms with Crippen LogP contribution in [0.15, 0.2) is 11.8 Å². The molecular formula is C10H14O2. The number of rotatable bonds is 0. The normalized spacial score (nSPS) is 40.3. The van der Waals surface area contributed by atoms with Gasteiger partial charge in [-0.05, 0) is 12.3 Å². The number of ketones is 1. The van der Waals surface area contributed by atoms with E-state index in [0.29, 0.717) is 11.8 Å². The second-order valence-electron chi connectivity index (χ2n) is 3.88. The molecule has 66 valence electrons. The van der Waals surface area contributed by atoms with Crippen molar-refractivity contribution < 1.29 is 9.53 Å². The molecule has 1 heterocycles. The lowest BCUT2D eigenvalue weighted by atomic mass is 9.82. The number of ether oxygens (including phenoxy) is 1. The lowest BCUT2D eigenvalue weighted by Gasteiger charge is -2.30. The number of hydrogen-bond acceptors (Lipinski definition) is 2. The Morgan fingerprint density at radius 2 is 2.25 bits per heavy atom. The fourth-order valence-corrected chi connectivity index (χ4v) is 2.24. The highest BCUT2D eigenvalue weighted by Gasteiger charge is 2.39. The molecule has 0 saturated carbocycles. The summed E-state index contributed by atoms with van der Waals surface area (Å²) < 4.78 is 5.45. The number of carbonyl (C=O) groups excluding carboxylic acids is 1. The van der Waals surface area contributed by atoms with Crippen molar-refractivity contribution in [2.45, 2.75) is 20.3 Å². The van der Waals surface area contributed by atoms with Gasteiger partial charge in [-0.25, -0.2) is 0 Å². The van der Waals surface area contributed by atoms with Crippen molar-refractivity contribution in [3.05, 3.63) is 11.8 Å². The zero-order valence-corrected chi connectivity index (χ0v) is 7.54. The molecule has 2 nitrogen and oxygen atoms in total. The van der Waals surface area contributed by atoms with Crippen molar-refractivity contribution >= 4 is 5.78 Å².